The van der Waals surface area contributed by atoms with Crippen LogP contribution in [0.25, 0.3) is 22.2 Å². The number of nitrogens with zero attached hydrogens (tertiary/aromatic N) is 1. The zero-order chi connectivity index (χ0) is 16.2. The molecule has 23 heavy (non-hydrogen) atoms. The number of hydrogen-bond acceptors (Lipinski definition) is 4. The van der Waals surface area contributed by atoms with E-state index < -0.39 is 12.1 Å². The van der Waals surface area contributed by atoms with E-state index in [1.54, 1.807) is 19.1 Å². The number of pyridine rings is 1. The third-order valence-corrected chi connectivity index (χ3v) is 3.64. The molecule has 0 saturated carbocycles. The number of hydrogen-bond donors (Lipinski definition) is 1. The van der Waals surface area contributed by atoms with E-state index in [0.29, 0.717) is 11.3 Å². The van der Waals surface area contributed by atoms with Gasteiger partial charge in [0.1, 0.15) is 0 Å². The number of carbonyl (C=O) groups excluding carboxylic acids is 1. The van der Waals surface area contributed by atoms with Crippen molar-refractivity contribution in [1.29, 1.82) is 0 Å². The maximum absolute atomic E-state index is 11.8. The van der Waals surface area contributed by atoms with Gasteiger partial charge < -0.3 is 9.84 Å². The number of aromatic nitrogens is 1. The van der Waals surface area contributed by atoms with Gasteiger partial charge in [-0.25, -0.2) is 9.78 Å². The lowest BCUT2D eigenvalue weighted by Gasteiger charge is -2.14. The molecule has 0 aliphatic rings. The predicted molar refractivity (Wildman–Crippen MR) is 88.8 cm³/mol. The van der Waals surface area contributed by atoms with Gasteiger partial charge >= 0.3 is 5.97 Å². The first-order chi connectivity index (χ1) is 11.2. The van der Waals surface area contributed by atoms with Crippen molar-refractivity contribution in [2.24, 2.45) is 0 Å². The summed E-state index contributed by atoms with van der Waals surface area (Å²) in [6.07, 6.45) is -1.32. The quantitative estimate of drug-likeness (QED) is 0.749. The second-order valence-corrected chi connectivity index (χ2v) is 5.13. The van der Waals surface area contributed by atoms with E-state index in [1.165, 1.54) is 0 Å². The molecule has 4 heteroatoms. The number of aliphatic hydroxyl groups is 1. The highest BCUT2D eigenvalue weighted by Gasteiger charge is 2.22. The molecular weight excluding hydrogens is 290 g/mol. The number of ether oxygens (including phenoxy) is 1. The maximum Gasteiger partial charge on any atom is 0.339 e. The molecule has 1 atom stereocenters. The Bertz CT molecular complexity index is 845. The van der Waals surface area contributed by atoms with Gasteiger partial charge in [0.05, 0.1) is 17.8 Å². The van der Waals surface area contributed by atoms with E-state index in [2.05, 4.69) is 4.98 Å². The number of aliphatic hydroxyl groups excluding tert-OH is 1. The monoisotopic (exact) mass is 307 g/mol. The van der Waals surface area contributed by atoms with Gasteiger partial charge in [-0.3, -0.25) is 0 Å². The van der Waals surface area contributed by atoms with Gasteiger partial charge in [-0.2, -0.15) is 0 Å². The molecule has 1 unspecified atom stereocenters. The fourth-order valence-electron chi connectivity index (χ4n) is 2.53. The first-order valence-electron chi connectivity index (χ1n) is 7.50. The molecule has 0 saturated heterocycles. The zero-order valence-corrected chi connectivity index (χ0v) is 12.8. The molecule has 0 amide bonds. The second-order valence-electron chi connectivity index (χ2n) is 5.13. The lowest BCUT2D eigenvalue weighted by molar-refractivity contribution is -0.153. The van der Waals surface area contributed by atoms with Gasteiger partial charge in [0.2, 0.25) is 0 Å². The summed E-state index contributed by atoms with van der Waals surface area (Å²) in [6, 6.07) is 18.9. The minimum absolute atomic E-state index is 0.228. The van der Waals surface area contributed by atoms with Gasteiger partial charge in [0.15, 0.2) is 6.10 Å². The molecule has 0 fully saturated rings. The van der Waals surface area contributed by atoms with Crippen LogP contribution in [0.3, 0.4) is 0 Å². The highest BCUT2D eigenvalue weighted by Crippen LogP contribution is 2.29. The van der Waals surface area contributed by atoms with Crippen LogP contribution >= 0.6 is 0 Å². The van der Waals surface area contributed by atoms with Gasteiger partial charge in [0, 0.05) is 16.5 Å². The normalized spacial score (nSPS) is 12.1. The van der Waals surface area contributed by atoms with Crippen LogP contribution < -0.4 is 0 Å². The van der Waals surface area contributed by atoms with E-state index in [9.17, 15) is 9.90 Å². The fraction of sp³-hybridized carbons (Fsp3) is 0.158. The zero-order valence-electron chi connectivity index (χ0n) is 12.8. The molecule has 0 bridgehead atoms. The Balaban J connectivity index is 2.06. The molecular formula is C19H17NO3. The Labute approximate surface area is 134 Å². The minimum atomic E-state index is -1.32. The fourth-order valence-corrected chi connectivity index (χ4v) is 2.53. The Kier molecular flexibility index (Phi) is 4.35. The highest BCUT2D eigenvalue weighted by atomic mass is 16.5. The van der Waals surface area contributed by atoms with Crippen LogP contribution in [0.4, 0.5) is 0 Å². The average molecular weight is 307 g/mol. The summed E-state index contributed by atoms with van der Waals surface area (Å²) in [5, 5.41) is 11.3. The molecule has 4 nitrogen and oxygen atoms in total. The predicted octanol–water partition coefficient (Wildman–Crippen LogP) is 3.50. The highest BCUT2D eigenvalue weighted by molar-refractivity contribution is 5.84. The average Bonchev–Trinajstić information content (AvgIpc) is 2.61. The third kappa shape index (κ3) is 3.07. The lowest BCUT2D eigenvalue weighted by Crippen LogP contribution is -2.16. The first-order valence-corrected chi connectivity index (χ1v) is 7.50. The second kappa shape index (κ2) is 6.58. The molecule has 0 spiro atoms. The van der Waals surface area contributed by atoms with Crippen molar-refractivity contribution in [2.75, 3.05) is 6.61 Å². The van der Waals surface area contributed by atoms with Crippen LogP contribution in [0.1, 0.15) is 18.6 Å². The standard InChI is InChI=1S/C19H17NO3/c1-2-23-19(22)18(21)15-9-5-4-8-14(15)17-12-11-13-7-3-6-10-16(13)20-17/h3-12,18,21H,2H2,1H3. The molecule has 0 aliphatic heterocycles. The Morgan fingerprint density at radius 1 is 1.09 bits per heavy atom. The molecule has 116 valence electrons. The first kappa shape index (κ1) is 15.2. The summed E-state index contributed by atoms with van der Waals surface area (Å²) in [6.45, 7) is 1.94. The summed E-state index contributed by atoms with van der Waals surface area (Å²) in [5.74, 6) is -0.652. The van der Waals surface area contributed by atoms with E-state index in [-0.39, 0.29) is 6.61 Å². The molecule has 2 aromatic carbocycles. The van der Waals surface area contributed by atoms with Crippen LogP contribution in [0.5, 0.6) is 0 Å². The van der Waals surface area contributed by atoms with Crippen molar-refractivity contribution in [1.82, 2.24) is 4.98 Å². The number of fused-ring (bicyclic) bond motifs is 1. The van der Waals surface area contributed by atoms with E-state index in [0.717, 1.165) is 16.5 Å². The molecule has 0 aliphatic carbocycles. The number of carbonyl (C=O) groups is 1. The molecule has 1 N–H and O–H groups in total. The van der Waals surface area contributed by atoms with Crippen LogP contribution in [0.15, 0.2) is 60.7 Å². The van der Waals surface area contributed by atoms with Crippen LogP contribution in [-0.4, -0.2) is 22.7 Å². The van der Waals surface area contributed by atoms with Gasteiger partial charge in [-0.05, 0) is 19.1 Å². The van der Waals surface area contributed by atoms with Crippen molar-refractivity contribution in [3.05, 3.63) is 66.2 Å². The van der Waals surface area contributed by atoms with Crippen LogP contribution in [-0.2, 0) is 9.53 Å². The summed E-state index contributed by atoms with van der Waals surface area (Å²) < 4.78 is 4.91. The Morgan fingerprint density at radius 3 is 2.65 bits per heavy atom. The number of rotatable bonds is 4. The minimum Gasteiger partial charge on any atom is -0.464 e. The Morgan fingerprint density at radius 2 is 1.83 bits per heavy atom. The van der Waals surface area contributed by atoms with Gasteiger partial charge in [-0.1, -0.05) is 48.5 Å². The molecule has 1 heterocycles. The molecule has 1 aromatic heterocycles. The smallest absolute Gasteiger partial charge is 0.339 e. The topological polar surface area (TPSA) is 59.4 Å². The van der Waals surface area contributed by atoms with Crippen molar-refractivity contribution in [3.8, 4) is 11.3 Å². The molecule has 3 rings (SSSR count). The molecule has 3 aromatic rings. The number of benzene rings is 2. The van der Waals surface area contributed by atoms with Crippen molar-refractivity contribution < 1.29 is 14.6 Å². The van der Waals surface area contributed by atoms with Crippen molar-refractivity contribution >= 4 is 16.9 Å². The third-order valence-electron chi connectivity index (χ3n) is 3.64. The van der Waals surface area contributed by atoms with Crippen molar-refractivity contribution in [3.63, 3.8) is 0 Å². The summed E-state index contributed by atoms with van der Waals surface area (Å²) in [4.78, 5) is 16.5. The SMILES string of the molecule is CCOC(=O)C(O)c1ccccc1-c1ccc2ccccc2n1. The summed E-state index contributed by atoms with van der Waals surface area (Å²) in [5.41, 5.74) is 2.79. The largest absolute Gasteiger partial charge is 0.464 e. The maximum atomic E-state index is 11.8. The van der Waals surface area contributed by atoms with Gasteiger partial charge in [0.25, 0.3) is 0 Å². The van der Waals surface area contributed by atoms with Crippen molar-refractivity contribution in [2.45, 2.75) is 13.0 Å². The van der Waals surface area contributed by atoms with Crippen LogP contribution in [0.2, 0.25) is 0 Å². The number of para-hydroxylation sites is 1. The Hall–Kier alpha value is -2.72. The summed E-state index contributed by atoms with van der Waals surface area (Å²) >= 11 is 0. The van der Waals surface area contributed by atoms with E-state index >= 15 is 0 Å². The van der Waals surface area contributed by atoms with E-state index in [1.807, 2.05) is 48.5 Å². The van der Waals surface area contributed by atoms with E-state index in [4.69, 9.17) is 4.74 Å². The molecule has 0 radical (unpaired) electrons. The lowest BCUT2D eigenvalue weighted by atomic mass is 9.99. The van der Waals surface area contributed by atoms with Crippen LogP contribution in [0, 0.1) is 0 Å². The number of esters is 1. The van der Waals surface area contributed by atoms with Gasteiger partial charge in [-0.15, -0.1) is 0 Å². The summed E-state index contributed by atoms with van der Waals surface area (Å²) in [7, 11) is 0.